The van der Waals surface area contributed by atoms with Gasteiger partial charge >= 0.3 is 5.97 Å². The zero-order chi connectivity index (χ0) is 60.2. The van der Waals surface area contributed by atoms with Crippen LogP contribution in [0.15, 0.2) is 158 Å². The number of carbonyl (C=O) groups excluding carboxylic acids is 3. The van der Waals surface area contributed by atoms with Gasteiger partial charge in [0.25, 0.3) is 14.4 Å². The highest BCUT2D eigenvalue weighted by molar-refractivity contribution is 7.44. The second-order valence-electron chi connectivity index (χ2n) is 22.1. The Morgan fingerprint density at radius 3 is 2.00 bits per heavy atom. The lowest BCUT2D eigenvalue weighted by Crippen LogP contribution is -2.39. The second-order valence-corrected chi connectivity index (χ2v) is 23.5. The Morgan fingerprint density at radius 2 is 1.38 bits per heavy atom. The van der Waals surface area contributed by atoms with Crippen molar-refractivity contribution in [1.29, 1.82) is 5.26 Å². The smallest absolute Gasteiger partial charge is 0.305 e. The standard InChI is InChI=1S/C68H74N7O10P/c1-44(2)75(45(3)4)86(83-37-15-36-69)85-60-38-59(84-61(60)42-82-68(48-16-8-7-9-17-48,49-28-32-51(79-5)33-29-49)50-30-34-52(80-6)35-31-50)57-40-71-65-64(57)72-43-73-66(65)74-67(78)47-26-24-46(25-27-47)39-70-62(76)22-14-23-63(77)81-41-58-55-20-12-10-18-53(55)54-19-11-13-21-56(54)58/h7-13,16-21,24-35,43-45,57-61,71H,14-15,22-23,37-42H2,1-6H3,(H,70,76)(H,72,73,74,78)/t57?,59-,60?,61-,86?/m1/s1. The van der Waals surface area contributed by atoms with Crippen LogP contribution in [0.5, 0.6) is 11.5 Å². The Morgan fingerprint density at radius 1 is 0.767 bits per heavy atom. The van der Waals surface area contributed by atoms with Crippen molar-refractivity contribution in [3.8, 4) is 28.7 Å². The van der Waals surface area contributed by atoms with Gasteiger partial charge in [-0.05, 0) is 115 Å². The van der Waals surface area contributed by atoms with Gasteiger partial charge in [-0.3, -0.25) is 14.4 Å². The van der Waals surface area contributed by atoms with Gasteiger partial charge in [0.15, 0.2) is 5.82 Å². The zero-order valence-electron chi connectivity index (χ0n) is 49.4. The van der Waals surface area contributed by atoms with Crippen LogP contribution in [0.1, 0.15) is 121 Å². The van der Waals surface area contributed by atoms with Crippen LogP contribution in [0.4, 0.5) is 11.5 Å². The van der Waals surface area contributed by atoms with Crippen LogP contribution < -0.4 is 25.4 Å². The lowest BCUT2D eigenvalue weighted by Gasteiger charge is -2.39. The van der Waals surface area contributed by atoms with Crippen LogP contribution >= 0.6 is 8.53 Å². The van der Waals surface area contributed by atoms with E-state index in [2.05, 4.69) is 95.8 Å². The average molecular weight is 1180 g/mol. The van der Waals surface area contributed by atoms with Gasteiger partial charge in [0, 0.05) is 61.8 Å². The summed E-state index contributed by atoms with van der Waals surface area (Å²) in [6.07, 6.45) is 1.19. The molecule has 1 saturated heterocycles. The number of fused-ring (bicyclic) bond motifs is 4. The largest absolute Gasteiger partial charge is 0.497 e. The first-order chi connectivity index (χ1) is 41.9. The van der Waals surface area contributed by atoms with Crippen LogP contribution in [0, 0.1) is 11.3 Å². The maximum atomic E-state index is 13.9. The molecule has 3 heterocycles. The highest BCUT2D eigenvalue weighted by Crippen LogP contribution is 2.52. The van der Waals surface area contributed by atoms with E-state index >= 15 is 0 Å². The van der Waals surface area contributed by atoms with Crippen molar-refractivity contribution < 1.29 is 47.1 Å². The van der Waals surface area contributed by atoms with Crippen molar-refractivity contribution in [2.45, 2.75) is 114 Å². The molecule has 3 N–H and O–H groups in total. The van der Waals surface area contributed by atoms with E-state index in [1.54, 1.807) is 38.5 Å². The molecule has 0 bridgehead atoms. The molecule has 10 rings (SSSR count). The minimum atomic E-state index is -1.68. The number of hydrogen-bond acceptors (Lipinski definition) is 15. The summed E-state index contributed by atoms with van der Waals surface area (Å²) in [5.41, 5.74) is 8.61. The number of methoxy groups -OCH3 is 2. The van der Waals surface area contributed by atoms with Crippen LogP contribution in [0.2, 0.25) is 0 Å². The van der Waals surface area contributed by atoms with E-state index in [0.717, 1.165) is 33.4 Å². The summed E-state index contributed by atoms with van der Waals surface area (Å²) in [6, 6.07) is 51.6. The molecule has 86 heavy (non-hydrogen) atoms. The predicted molar refractivity (Wildman–Crippen MR) is 330 cm³/mol. The first-order valence-electron chi connectivity index (χ1n) is 29.4. The van der Waals surface area contributed by atoms with Gasteiger partial charge in [-0.1, -0.05) is 115 Å². The highest BCUT2D eigenvalue weighted by atomic mass is 31.2. The van der Waals surface area contributed by atoms with Crippen molar-refractivity contribution in [2.24, 2.45) is 0 Å². The van der Waals surface area contributed by atoms with Crippen molar-refractivity contribution >= 4 is 37.8 Å². The zero-order valence-corrected chi connectivity index (χ0v) is 50.3. The highest BCUT2D eigenvalue weighted by Gasteiger charge is 2.48. The lowest BCUT2D eigenvalue weighted by molar-refractivity contribution is -0.144. The minimum Gasteiger partial charge on any atom is -0.497 e. The monoisotopic (exact) mass is 1180 g/mol. The van der Waals surface area contributed by atoms with Gasteiger partial charge in [-0.15, -0.1) is 0 Å². The molecule has 0 saturated carbocycles. The molecule has 2 amide bonds. The number of benzene rings is 6. The Bertz CT molecular complexity index is 3370. The number of nitrogens with one attached hydrogen (secondary N) is 3. The predicted octanol–water partition coefficient (Wildman–Crippen LogP) is 12.2. The average Bonchev–Trinajstić information content (AvgIpc) is 2.60. The molecule has 3 aliphatic rings. The van der Waals surface area contributed by atoms with Crippen molar-refractivity contribution in [3.05, 3.63) is 203 Å². The number of hydrogen-bond donors (Lipinski definition) is 3. The van der Waals surface area contributed by atoms with Crippen molar-refractivity contribution in [2.75, 3.05) is 51.2 Å². The van der Waals surface area contributed by atoms with Gasteiger partial charge in [0.1, 0.15) is 36.1 Å². The van der Waals surface area contributed by atoms with Crippen molar-refractivity contribution in [3.63, 3.8) is 0 Å². The molecule has 1 aromatic heterocycles. The number of aromatic nitrogens is 2. The number of amides is 2. The van der Waals surface area contributed by atoms with Gasteiger partial charge < -0.3 is 48.7 Å². The Kier molecular flexibility index (Phi) is 20.2. The number of carbonyl (C=O) groups is 3. The summed E-state index contributed by atoms with van der Waals surface area (Å²) < 4.78 is 47.5. The second kappa shape index (κ2) is 28.4. The van der Waals surface area contributed by atoms with E-state index in [1.807, 2.05) is 91.0 Å². The molecule has 1 fully saturated rings. The SMILES string of the molecule is COc1ccc(C(OC[C@H]2O[C@@H](C3CNc4c(NC(=O)c5ccc(CNC(=O)CCCC(=O)OCC6c7ccccc7-c7ccccc76)cc5)ncnc43)CC2OP(OCCC#N)N(C(C)C)C(C)C)(c2ccccc2)c2ccc(OC)cc2)cc1. The summed E-state index contributed by atoms with van der Waals surface area (Å²) in [5.74, 6) is 0.539. The number of nitrogens with zero attached hydrogens (tertiary/aromatic N) is 4. The molecule has 3 unspecified atom stereocenters. The molecule has 18 heteroatoms. The van der Waals surface area contributed by atoms with E-state index in [1.165, 1.54) is 17.5 Å². The summed E-state index contributed by atoms with van der Waals surface area (Å²) in [6.45, 7) is 9.66. The Hall–Kier alpha value is -8.07. The molecule has 2 aliphatic heterocycles. The summed E-state index contributed by atoms with van der Waals surface area (Å²) in [4.78, 5) is 48.9. The van der Waals surface area contributed by atoms with E-state index in [4.69, 9.17) is 37.7 Å². The fourth-order valence-electron chi connectivity index (χ4n) is 11.8. The van der Waals surface area contributed by atoms with Crippen LogP contribution in [-0.4, -0.2) is 103 Å². The minimum absolute atomic E-state index is 0.0240. The number of rotatable bonds is 27. The van der Waals surface area contributed by atoms with Crippen LogP contribution in [0.3, 0.4) is 0 Å². The maximum Gasteiger partial charge on any atom is 0.305 e. The number of esters is 1. The third kappa shape index (κ3) is 13.8. The molecular formula is C68H74N7O10P. The summed E-state index contributed by atoms with van der Waals surface area (Å²) in [5, 5.41) is 19.0. The van der Waals surface area contributed by atoms with Gasteiger partial charge in [0.05, 0.1) is 63.5 Å². The van der Waals surface area contributed by atoms with Crippen LogP contribution in [0.25, 0.3) is 11.1 Å². The van der Waals surface area contributed by atoms with E-state index in [-0.39, 0.29) is 87.3 Å². The van der Waals surface area contributed by atoms with E-state index in [9.17, 15) is 19.6 Å². The molecule has 6 aromatic carbocycles. The molecule has 0 spiro atoms. The van der Waals surface area contributed by atoms with Gasteiger partial charge in [-0.2, -0.15) is 5.26 Å². The Balaban J connectivity index is 0.805. The number of anilines is 2. The molecule has 0 radical (unpaired) electrons. The van der Waals surface area contributed by atoms with E-state index < -0.39 is 32.4 Å². The van der Waals surface area contributed by atoms with Crippen LogP contribution in [-0.2, 0) is 45.0 Å². The summed E-state index contributed by atoms with van der Waals surface area (Å²) >= 11 is 0. The first kappa shape index (κ1) is 61.0. The topological polar surface area (TPSA) is 205 Å². The molecule has 17 nitrogen and oxygen atoms in total. The first-order valence-corrected chi connectivity index (χ1v) is 30.5. The fourth-order valence-corrected chi connectivity index (χ4v) is 13.6. The number of ether oxygens (including phenoxy) is 5. The summed E-state index contributed by atoms with van der Waals surface area (Å²) in [7, 11) is 1.60. The van der Waals surface area contributed by atoms with E-state index in [0.29, 0.717) is 53.6 Å². The molecule has 5 atom stereocenters. The number of nitriles is 1. The third-order valence-corrected chi connectivity index (χ3v) is 18.2. The molecule has 446 valence electrons. The molecular weight excluding hydrogens is 1110 g/mol. The third-order valence-electron chi connectivity index (χ3n) is 16.0. The normalized spacial score (nSPS) is 17.3. The quantitative estimate of drug-likeness (QED) is 0.0190. The lowest BCUT2D eigenvalue weighted by atomic mass is 9.80. The fraction of sp³-hybridized carbons (Fsp3) is 0.353. The van der Waals surface area contributed by atoms with Gasteiger partial charge in [-0.25, -0.2) is 14.6 Å². The van der Waals surface area contributed by atoms with Crippen molar-refractivity contribution in [1.82, 2.24) is 20.0 Å². The molecule has 7 aromatic rings. The van der Waals surface area contributed by atoms with Gasteiger partial charge in [0.2, 0.25) is 5.91 Å². The maximum absolute atomic E-state index is 13.9. The molecule has 1 aliphatic carbocycles. The Labute approximate surface area is 504 Å².